The van der Waals surface area contributed by atoms with E-state index in [1.54, 1.807) is 24.0 Å². The van der Waals surface area contributed by atoms with Crippen LogP contribution in [0.2, 0.25) is 0 Å². The number of hydrogen-bond donors (Lipinski definition) is 2. The van der Waals surface area contributed by atoms with Gasteiger partial charge in [0, 0.05) is 57.3 Å². The molecule has 1 aromatic carbocycles. The van der Waals surface area contributed by atoms with Gasteiger partial charge in [-0.2, -0.15) is 4.98 Å². The number of benzene rings is 1. The van der Waals surface area contributed by atoms with Crippen molar-refractivity contribution in [3.05, 3.63) is 35.0 Å². The van der Waals surface area contributed by atoms with Crippen molar-refractivity contribution in [3.8, 4) is 0 Å². The second-order valence-electron chi connectivity index (χ2n) is 11.8. The number of amides is 1. The molecule has 222 valence electrons. The largest absolute Gasteiger partial charge is 0.395 e. The third kappa shape index (κ3) is 5.70. The predicted octanol–water partition coefficient (Wildman–Crippen LogP) is 3.34. The Hall–Kier alpha value is -3.06. The minimum Gasteiger partial charge on any atom is -0.395 e. The van der Waals surface area contributed by atoms with Crippen LogP contribution in [0.1, 0.15) is 60.1 Å². The van der Waals surface area contributed by atoms with E-state index in [4.69, 9.17) is 0 Å². The lowest BCUT2D eigenvalue weighted by Gasteiger charge is -2.35. The highest BCUT2D eigenvalue weighted by atomic mass is 32.2. The maximum Gasteiger partial charge on any atom is 0.258 e. The molecule has 0 atom stereocenters. The number of hydrogen-bond acceptors (Lipinski definition) is 8. The molecule has 2 N–H and O–H groups in total. The van der Waals surface area contributed by atoms with E-state index in [-0.39, 0.29) is 50.0 Å². The van der Waals surface area contributed by atoms with Gasteiger partial charge in [-0.3, -0.25) is 9.10 Å². The number of aromatic nitrogens is 2. The zero-order chi connectivity index (χ0) is 29.0. The summed E-state index contributed by atoms with van der Waals surface area (Å²) in [5.41, 5.74) is 3.44. The lowest BCUT2D eigenvalue weighted by molar-refractivity contribution is -0.0222. The number of nitrogens with zero attached hydrogens (tertiary/aromatic N) is 5. The van der Waals surface area contributed by atoms with Gasteiger partial charge in [0.25, 0.3) is 11.8 Å². The number of sulfonamides is 1. The smallest absolute Gasteiger partial charge is 0.258 e. The van der Waals surface area contributed by atoms with Crippen LogP contribution in [0, 0.1) is 12.3 Å². The average Bonchev–Trinajstić information content (AvgIpc) is 3.52. The highest BCUT2D eigenvalue weighted by Crippen LogP contribution is 2.54. The number of piperidine rings is 2. The predicted molar refractivity (Wildman–Crippen MR) is 153 cm³/mol. The minimum atomic E-state index is -3.69. The fourth-order valence-corrected chi connectivity index (χ4v) is 7.52. The zero-order valence-corrected chi connectivity index (χ0v) is 24.0. The van der Waals surface area contributed by atoms with Gasteiger partial charge in [-0.25, -0.2) is 22.2 Å². The van der Waals surface area contributed by atoms with Crippen molar-refractivity contribution in [2.24, 2.45) is 5.41 Å². The summed E-state index contributed by atoms with van der Waals surface area (Å²) in [5.74, 6) is -2.84. The Morgan fingerprint density at radius 3 is 2.29 bits per heavy atom. The molecule has 10 nitrogen and oxygen atoms in total. The van der Waals surface area contributed by atoms with Gasteiger partial charge in [0.2, 0.25) is 16.0 Å². The van der Waals surface area contributed by atoms with Crippen LogP contribution in [0.25, 0.3) is 0 Å². The first-order valence-electron chi connectivity index (χ1n) is 14.3. The molecule has 0 radical (unpaired) electrons. The van der Waals surface area contributed by atoms with E-state index in [1.165, 1.54) is 17.1 Å². The SMILES string of the molecule is Cc1cc(NC(=O)c2cc3c(cc2N2CCC4(CC2)CC4)N(S(=O)(=O)CCO)CC3)nc(N2CCC(F)(F)CC2)n1. The highest BCUT2D eigenvalue weighted by molar-refractivity contribution is 7.92. The second kappa shape index (κ2) is 10.3. The van der Waals surface area contributed by atoms with Crippen LogP contribution < -0.4 is 19.4 Å². The van der Waals surface area contributed by atoms with Gasteiger partial charge in [0.05, 0.1) is 29.3 Å². The van der Waals surface area contributed by atoms with Crippen LogP contribution in [0.15, 0.2) is 18.2 Å². The highest BCUT2D eigenvalue weighted by Gasteiger charge is 2.45. The summed E-state index contributed by atoms with van der Waals surface area (Å²) in [4.78, 5) is 26.6. The first kappa shape index (κ1) is 28.1. The van der Waals surface area contributed by atoms with E-state index in [2.05, 4.69) is 20.2 Å². The molecule has 4 heterocycles. The first-order chi connectivity index (χ1) is 19.5. The van der Waals surface area contributed by atoms with Crippen molar-refractivity contribution >= 4 is 39.1 Å². The lowest BCUT2D eigenvalue weighted by Crippen LogP contribution is -2.40. The number of aliphatic hydroxyl groups excluding tert-OH is 1. The maximum absolute atomic E-state index is 13.8. The van der Waals surface area contributed by atoms with Crippen molar-refractivity contribution in [1.29, 1.82) is 0 Å². The molecule has 3 fully saturated rings. The van der Waals surface area contributed by atoms with Crippen molar-refractivity contribution in [3.63, 3.8) is 0 Å². The molecule has 0 bridgehead atoms. The number of carbonyl (C=O) groups is 1. The Kier molecular flexibility index (Phi) is 7.08. The molecular formula is C28H36F2N6O4S. The molecule has 6 rings (SSSR count). The summed E-state index contributed by atoms with van der Waals surface area (Å²) < 4.78 is 54.5. The van der Waals surface area contributed by atoms with Crippen molar-refractivity contribution in [2.75, 3.05) is 64.5 Å². The summed E-state index contributed by atoms with van der Waals surface area (Å²) in [6.45, 7) is 3.38. The number of rotatable bonds is 7. The Morgan fingerprint density at radius 2 is 1.63 bits per heavy atom. The molecule has 4 aliphatic rings. The van der Waals surface area contributed by atoms with E-state index >= 15 is 0 Å². The van der Waals surface area contributed by atoms with Gasteiger partial charge in [-0.15, -0.1) is 0 Å². The lowest BCUT2D eigenvalue weighted by atomic mass is 9.92. The first-order valence-corrected chi connectivity index (χ1v) is 15.9. The van der Waals surface area contributed by atoms with Crippen LogP contribution in [0.5, 0.6) is 0 Å². The molecule has 1 saturated carbocycles. The van der Waals surface area contributed by atoms with Crippen LogP contribution in [0.3, 0.4) is 0 Å². The third-order valence-corrected chi connectivity index (χ3v) is 10.7. The van der Waals surface area contributed by atoms with Crippen LogP contribution in [-0.2, 0) is 16.4 Å². The van der Waals surface area contributed by atoms with Crippen molar-refractivity contribution in [2.45, 2.75) is 57.8 Å². The number of alkyl halides is 2. The Labute approximate surface area is 238 Å². The number of anilines is 4. The fraction of sp³-hybridized carbons (Fsp3) is 0.607. The fourth-order valence-electron chi connectivity index (χ4n) is 6.23. The summed E-state index contributed by atoms with van der Waals surface area (Å²) in [6.07, 6.45) is 4.44. The molecule has 1 aliphatic carbocycles. The van der Waals surface area contributed by atoms with Crippen LogP contribution in [-0.4, -0.2) is 80.4 Å². The van der Waals surface area contributed by atoms with E-state index < -0.39 is 22.6 Å². The van der Waals surface area contributed by atoms with E-state index in [0.717, 1.165) is 31.5 Å². The van der Waals surface area contributed by atoms with E-state index in [1.807, 2.05) is 6.07 Å². The topological polar surface area (TPSA) is 119 Å². The summed E-state index contributed by atoms with van der Waals surface area (Å²) >= 11 is 0. The Bertz CT molecular complexity index is 1450. The van der Waals surface area contributed by atoms with Gasteiger partial charge < -0.3 is 20.2 Å². The van der Waals surface area contributed by atoms with E-state index in [0.29, 0.717) is 40.4 Å². The summed E-state index contributed by atoms with van der Waals surface area (Å²) in [6, 6.07) is 5.23. The van der Waals surface area contributed by atoms with Gasteiger partial charge >= 0.3 is 0 Å². The molecule has 13 heteroatoms. The normalized spacial score (nSPS) is 21.2. The van der Waals surface area contributed by atoms with Crippen molar-refractivity contribution < 1.29 is 27.1 Å². The molecule has 1 amide bonds. The number of nitrogens with one attached hydrogen (secondary N) is 1. The van der Waals surface area contributed by atoms with Gasteiger partial charge in [0.1, 0.15) is 5.82 Å². The van der Waals surface area contributed by atoms with Crippen molar-refractivity contribution in [1.82, 2.24) is 9.97 Å². The molecule has 0 unspecified atom stereocenters. The minimum absolute atomic E-state index is 0.130. The average molecular weight is 591 g/mol. The van der Waals surface area contributed by atoms with Gasteiger partial charge in [0.15, 0.2) is 0 Å². The monoisotopic (exact) mass is 590 g/mol. The third-order valence-electron chi connectivity index (χ3n) is 8.96. The molecule has 2 aromatic rings. The number of carbonyl (C=O) groups excluding carboxylic acids is 1. The Balaban J connectivity index is 1.30. The maximum atomic E-state index is 13.8. The van der Waals surface area contributed by atoms with Crippen LogP contribution >= 0.6 is 0 Å². The molecule has 1 aromatic heterocycles. The zero-order valence-electron chi connectivity index (χ0n) is 23.2. The molecule has 41 heavy (non-hydrogen) atoms. The number of aryl methyl sites for hydroxylation is 1. The molecule has 2 saturated heterocycles. The Morgan fingerprint density at radius 1 is 0.951 bits per heavy atom. The number of fused-ring (bicyclic) bond motifs is 1. The molecule has 1 spiro atoms. The van der Waals surface area contributed by atoms with E-state index in [9.17, 15) is 27.1 Å². The van der Waals surface area contributed by atoms with Crippen LogP contribution in [0.4, 0.5) is 31.9 Å². The molecule has 3 aliphatic heterocycles. The van der Waals surface area contributed by atoms with Gasteiger partial charge in [-0.1, -0.05) is 0 Å². The number of aliphatic hydroxyl groups is 1. The summed E-state index contributed by atoms with van der Waals surface area (Å²) in [5, 5.41) is 12.2. The van der Waals surface area contributed by atoms with Gasteiger partial charge in [-0.05, 0) is 62.1 Å². The number of halogens is 2. The summed E-state index contributed by atoms with van der Waals surface area (Å²) in [7, 11) is -3.69. The second-order valence-corrected chi connectivity index (χ2v) is 13.9. The molecular weight excluding hydrogens is 554 g/mol. The quantitative estimate of drug-likeness (QED) is 0.504. The standard InChI is InChI=1S/C28H36F2N6O4S/c1-19-16-24(33-26(31-19)35-12-7-28(29,30)8-13-35)32-25(38)21-17-20-2-9-36(41(39,40)15-14-37)22(20)18-23(21)34-10-5-27(3-4-27)6-11-34/h16-18,37H,2-15H2,1H3,(H,31,32,33,38).